The molecule has 196 valence electrons. The number of nitrogens with zero attached hydrogens (tertiary/aromatic N) is 1. The van der Waals surface area contributed by atoms with Crippen molar-refractivity contribution in [3.63, 3.8) is 0 Å². The lowest BCUT2D eigenvalue weighted by atomic mass is 9.78. The van der Waals surface area contributed by atoms with E-state index in [4.69, 9.17) is 0 Å². The average Bonchev–Trinajstić information content (AvgIpc) is 2.82. The van der Waals surface area contributed by atoms with Crippen molar-refractivity contribution in [1.82, 2.24) is 10.6 Å². The summed E-state index contributed by atoms with van der Waals surface area (Å²) in [5.74, 6) is -0.255. The molecule has 0 radical (unpaired) electrons. The lowest BCUT2D eigenvalue weighted by Crippen LogP contribution is -2.59. The van der Waals surface area contributed by atoms with Crippen molar-refractivity contribution in [2.24, 2.45) is 0 Å². The van der Waals surface area contributed by atoms with Gasteiger partial charge in [0.1, 0.15) is 5.54 Å². The molecule has 3 rings (SSSR count). The van der Waals surface area contributed by atoms with E-state index in [2.05, 4.69) is 75.3 Å². The fourth-order valence-corrected chi connectivity index (χ4v) is 4.74. The third-order valence-corrected chi connectivity index (χ3v) is 7.33. The standard InChI is InChI=1S/C31H45N3O2/c1-29(2,3)24-18-23(19-25(20-24)30(4,5)6)27(35)33-31(16-10-9-11-17-31)28(36)32-21-22-12-14-26(15-13-22)34(7)8/h12-15,18-20H,9-11,16-17,21H2,1-8H3,(H,32,36)(H,33,35). The van der Waals surface area contributed by atoms with Crippen LogP contribution in [0.25, 0.3) is 0 Å². The molecule has 2 aromatic rings. The molecule has 1 aliphatic rings. The SMILES string of the molecule is CN(C)c1ccc(CNC(=O)C2(NC(=O)c3cc(C(C)(C)C)cc(C(C)(C)C)c3)CCCCC2)cc1. The van der Waals surface area contributed by atoms with Gasteiger partial charge in [0.05, 0.1) is 0 Å². The molecular formula is C31H45N3O2. The Balaban J connectivity index is 1.83. The highest BCUT2D eigenvalue weighted by Crippen LogP contribution is 2.32. The van der Waals surface area contributed by atoms with E-state index in [1.807, 2.05) is 38.4 Å². The van der Waals surface area contributed by atoms with Gasteiger partial charge in [0.15, 0.2) is 0 Å². The van der Waals surface area contributed by atoms with E-state index in [0.29, 0.717) is 24.9 Å². The van der Waals surface area contributed by atoms with Crippen molar-refractivity contribution < 1.29 is 9.59 Å². The second-order valence-corrected chi connectivity index (χ2v) is 12.6. The Bertz CT molecular complexity index is 1030. The van der Waals surface area contributed by atoms with Gasteiger partial charge < -0.3 is 15.5 Å². The number of benzene rings is 2. The highest BCUT2D eigenvalue weighted by Gasteiger charge is 2.41. The Morgan fingerprint density at radius 1 is 0.833 bits per heavy atom. The summed E-state index contributed by atoms with van der Waals surface area (Å²) in [5, 5.41) is 6.33. The number of amides is 2. The largest absolute Gasteiger partial charge is 0.378 e. The van der Waals surface area contributed by atoms with E-state index in [0.717, 1.165) is 41.6 Å². The summed E-state index contributed by atoms with van der Waals surface area (Å²) >= 11 is 0. The highest BCUT2D eigenvalue weighted by atomic mass is 16.2. The van der Waals surface area contributed by atoms with Crippen LogP contribution in [0.3, 0.4) is 0 Å². The number of anilines is 1. The van der Waals surface area contributed by atoms with Crippen molar-refractivity contribution in [3.05, 3.63) is 64.7 Å². The number of carbonyl (C=O) groups excluding carboxylic acids is 2. The van der Waals surface area contributed by atoms with Gasteiger partial charge in [0.25, 0.3) is 5.91 Å². The molecule has 0 aliphatic heterocycles. The van der Waals surface area contributed by atoms with E-state index in [1.54, 1.807) is 0 Å². The quantitative estimate of drug-likeness (QED) is 0.513. The Morgan fingerprint density at radius 3 is 1.83 bits per heavy atom. The first-order valence-corrected chi connectivity index (χ1v) is 13.2. The van der Waals surface area contributed by atoms with Crippen LogP contribution in [0.2, 0.25) is 0 Å². The normalized spacial score (nSPS) is 15.8. The Kier molecular flexibility index (Phi) is 8.22. The second-order valence-electron chi connectivity index (χ2n) is 12.6. The maximum absolute atomic E-state index is 13.7. The molecule has 5 heteroatoms. The summed E-state index contributed by atoms with van der Waals surface area (Å²) < 4.78 is 0. The summed E-state index contributed by atoms with van der Waals surface area (Å²) in [5.41, 5.74) is 4.00. The molecule has 2 N–H and O–H groups in total. The molecule has 1 aliphatic carbocycles. The maximum atomic E-state index is 13.7. The maximum Gasteiger partial charge on any atom is 0.252 e. The highest BCUT2D eigenvalue weighted by molar-refractivity contribution is 5.99. The number of carbonyl (C=O) groups is 2. The number of hydrogen-bond donors (Lipinski definition) is 2. The average molecular weight is 492 g/mol. The predicted molar refractivity (Wildman–Crippen MR) is 150 cm³/mol. The number of rotatable bonds is 6. The van der Waals surface area contributed by atoms with Crippen LogP contribution in [0, 0.1) is 0 Å². The van der Waals surface area contributed by atoms with E-state index in [1.165, 1.54) is 0 Å². The van der Waals surface area contributed by atoms with Crippen LogP contribution in [0.5, 0.6) is 0 Å². The molecule has 36 heavy (non-hydrogen) atoms. The Morgan fingerprint density at radius 2 is 1.36 bits per heavy atom. The first-order chi connectivity index (χ1) is 16.7. The molecule has 2 amide bonds. The summed E-state index contributed by atoms with van der Waals surface area (Å²) in [4.78, 5) is 29.3. The summed E-state index contributed by atoms with van der Waals surface area (Å²) in [7, 11) is 4.02. The van der Waals surface area contributed by atoms with Crippen molar-refractivity contribution >= 4 is 17.5 Å². The third kappa shape index (κ3) is 6.68. The van der Waals surface area contributed by atoms with E-state index >= 15 is 0 Å². The van der Waals surface area contributed by atoms with Gasteiger partial charge in [0, 0.05) is 31.9 Å². The van der Waals surface area contributed by atoms with E-state index in [-0.39, 0.29) is 22.6 Å². The van der Waals surface area contributed by atoms with Crippen LogP contribution >= 0.6 is 0 Å². The van der Waals surface area contributed by atoms with Gasteiger partial charge in [-0.1, -0.05) is 79.0 Å². The lowest BCUT2D eigenvalue weighted by molar-refractivity contribution is -0.128. The smallest absolute Gasteiger partial charge is 0.252 e. The zero-order chi connectivity index (χ0) is 26.7. The van der Waals surface area contributed by atoms with Crippen LogP contribution in [0.15, 0.2) is 42.5 Å². The number of nitrogens with one attached hydrogen (secondary N) is 2. The monoisotopic (exact) mass is 491 g/mol. The Labute approximate surface area is 218 Å². The minimum absolute atomic E-state index is 0.0850. The van der Waals surface area contributed by atoms with Gasteiger partial charge in [-0.2, -0.15) is 0 Å². The van der Waals surface area contributed by atoms with Gasteiger partial charge in [-0.15, -0.1) is 0 Å². The van der Waals surface area contributed by atoms with E-state index in [9.17, 15) is 9.59 Å². The molecule has 1 fully saturated rings. The molecule has 0 unspecified atom stereocenters. The molecule has 5 nitrogen and oxygen atoms in total. The third-order valence-electron chi connectivity index (χ3n) is 7.33. The van der Waals surface area contributed by atoms with Crippen molar-refractivity contribution in [2.45, 2.75) is 96.6 Å². The second kappa shape index (κ2) is 10.7. The van der Waals surface area contributed by atoms with Gasteiger partial charge in [-0.25, -0.2) is 0 Å². The topological polar surface area (TPSA) is 61.4 Å². The summed E-state index contributed by atoms with van der Waals surface area (Å²) in [6, 6.07) is 14.4. The van der Waals surface area contributed by atoms with Gasteiger partial charge >= 0.3 is 0 Å². The molecule has 1 saturated carbocycles. The van der Waals surface area contributed by atoms with Gasteiger partial charge in [0.2, 0.25) is 5.91 Å². The van der Waals surface area contributed by atoms with Gasteiger partial charge in [-0.3, -0.25) is 9.59 Å². The summed E-state index contributed by atoms with van der Waals surface area (Å²) in [6.07, 6.45) is 4.27. The predicted octanol–water partition coefficient (Wildman–Crippen LogP) is 6.10. The molecule has 0 heterocycles. The van der Waals surface area contributed by atoms with Crippen molar-refractivity contribution in [1.29, 1.82) is 0 Å². The Hall–Kier alpha value is -2.82. The molecule has 0 spiro atoms. The molecular weight excluding hydrogens is 446 g/mol. The molecule has 2 aromatic carbocycles. The van der Waals surface area contributed by atoms with Crippen molar-refractivity contribution in [2.75, 3.05) is 19.0 Å². The summed E-state index contributed by atoms with van der Waals surface area (Å²) in [6.45, 7) is 13.4. The fourth-order valence-electron chi connectivity index (χ4n) is 4.74. The van der Waals surface area contributed by atoms with E-state index < -0.39 is 5.54 Å². The van der Waals surface area contributed by atoms with Crippen LogP contribution in [0.4, 0.5) is 5.69 Å². The van der Waals surface area contributed by atoms with Crippen molar-refractivity contribution in [3.8, 4) is 0 Å². The van der Waals surface area contributed by atoms with Crippen LogP contribution < -0.4 is 15.5 Å². The molecule has 0 saturated heterocycles. The van der Waals surface area contributed by atoms with Crippen LogP contribution in [-0.2, 0) is 22.2 Å². The minimum Gasteiger partial charge on any atom is -0.378 e. The van der Waals surface area contributed by atoms with Crippen LogP contribution in [-0.4, -0.2) is 31.4 Å². The van der Waals surface area contributed by atoms with Crippen LogP contribution in [0.1, 0.15) is 101 Å². The fraction of sp³-hybridized carbons (Fsp3) is 0.548. The first-order valence-electron chi connectivity index (χ1n) is 13.2. The molecule has 0 aromatic heterocycles. The lowest BCUT2D eigenvalue weighted by Gasteiger charge is -2.37. The molecule has 0 atom stereocenters. The van der Waals surface area contributed by atoms with Gasteiger partial charge in [-0.05, 0) is 64.6 Å². The zero-order valence-corrected chi connectivity index (χ0v) is 23.5. The zero-order valence-electron chi connectivity index (χ0n) is 23.5. The minimum atomic E-state index is -0.876. The first kappa shape index (κ1) is 27.8. The number of hydrogen-bond acceptors (Lipinski definition) is 3. The molecule has 0 bridgehead atoms.